The van der Waals surface area contributed by atoms with Gasteiger partial charge in [-0.05, 0) is 60.6 Å². The highest BCUT2D eigenvalue weighted by molar-refractivity contribution is 5.92. The lowest BCUT2D eigenvalue weighted by atomic mass is 9.90. The molecule has 4 rings (SSSR count). The molecule has 0 bridgehead atoms. The summed E-state index contributed by atoms with van der Waals surface area (Å²) < 4.78 is 10.6. The topological polar surface area (TPSA) is 80.8 Å². The Kier molecular flexibility index (Phi) is 6.96. The van der Waals surface area contributed by atoms with Gasteiger partial charge in [0.15, 0.2) is 11.5 Å². The molecule has 1 aromatic heterocycles. The van der Waals surface area contributed by atoms with Crippen LogP contribution in [0, 0.1) is 11.3 Å². The molecule has 1 spiro atoms. The predicted octanol–water partition coefficient (Wildman–Crippen LogP) is 3.10. The first-order chi connectivity index (χ1) is 16.0. The van der Waals surface area contributed by atoms with Crippen molar-refractivity contribution in [2.24, 2.45) is 11.3 Å². The Hall–Kier alpha value is -3.35. The van der Waals surface area contributed by atoms with Crippen LogP contribution in [0.3, 0.4) is 0 Å². The van der Waals surface area contributed by atoms with Crippen LogP contribution in [-0.2, 0) is 16.0 Å². The number of hydrogen-bond donors (Lipinski definition) is 1. The second-order valence-electron chi connectivity index (χ2n) is 8.75. The van der Waals surface area contributed by atoms with Gasteiger partial charge in [-0.3, -0.25) is 14.6 Å². The fraction of sp³-hybridized carbons (Fsp3) is 0.423. The summed E-state index contributed by atoms with van der Waals surface area (Å²) in [6, 6.07) is 11.4. The average Bonchev–Trinajstić information content (AvgIpc) is 3.56. The molecule has 1 aliphatic heterocycles. The first-order valence-corrected chi connectivity index (χ1v) is 11.4. The zero-order chi connectivity index (χ0) is 23.3. The van der Waals surface area contributed by atoms with Gasteiger partial charge in [-0.15, -0.1) is 0 Å². The smallest absolute Gasteiger partial charge is 0.246 e. The lowest BCUT2D eigenvalue weighted by Crippen LogP contribution is -2.40. The largest absolute Gasteiger partial charge is 0.493 e. The van der Waals surface area contributed by atoms with Gasteiger partial charge < -0.3 is 19.7 Å². The number of carbonyl (C=O) groups excluding carboxylic acids is 2. The highest BCUT2D eigenvalue weighted by atomic mass is 16.5. The number of hydrogen-bond acceptors (Lipinski definition) is 5. The van der Waals surface area contributed by atoms with E-state index in [0.717, 1.165) is 36.9 Å². The predicted molar refractivity (Wildman–Crippen MR) is 126 cm³/mol. The number of piperidine rings is 1. The molecule has 33 heavy (non-hydrogen) atoms. The number of nitrogens with one attached hydrogen (secondary N) is 1. The number of nitrogens with zero attached hydrogens (tertiary/aromatic N) is 2. The normalized spacial score (nSPS) is 18.8. The van der Waals surface area contributed by atoms with Crippen LogP contribution in [0.2, 0.25) is 0 Å². The van der Waals surface area contributed by atoms with E-state index in [0.29, 0.717) is 31.1 Å². The van der Waals surface area contributed by atoms with Crippen molar-refractivity contribution in [2.45, 2.75) is 25.7 Å². The summed E-state index contributed by atoms with van der Waals surface area (Å²) in [5.74, 6) is 1.49. The van der Waals surface area contributed by atoms with Gasteiger partial charge in [-0.1, -0.05) is 12.1 Å². The van der Waals surface area contributed by atoms with E-state index >= 15 is 0 Å². The van der Waals surface area contributed by atoms with Gasteiger partial charge in [0.25, 0.3) is 0 Å². The molecule has 7 nitrogen and oxygen atoms in total. The van der Waals surface area contributed by atoms with Crippen molar-refractivity contribution in [3.05, 3.63) is 59.9 Å². The zero-order valence-electron chi connectivity index (χ0n) is 19.3. The Balaban J connectivity index is 1.23. The molecule has 1 saturated heterocycles. The van der Waals surface area contributed by atoms with Gasteiger partial charge >= 0.3 is 0 Å². The summed E-state index contributed by atoms with van der Waals surface area (Å²) in [7, 11) is 3.18. The van der Waals surface area contributed by atoms with E-state index < -0.39 is 0 Å². The van der Waals surface area contributed by atoms with Crippen molar-refractivity contribution in [3.63, 3.8) is 0 Å². The second kappa shape index (κ2) is 10.1. The van der Waals surface area contributed by atoms with E-state index in [1.165, 1.54) is 0 Å². The van der Waals surface area contributed by atoms with Crippen LogP contribution in [0.25, 0.3) is 6.08 Å². The van der Waals surface area contributed by atoms with Crippen molar-refractivity contribution in [1.29, 1.82) is 0 Å². The van der Waals surface area contributed by atoms with Crippen molar-refractivity contribution >= 4 is 17.9 Å². The van der Waals surface area contributed by atoms with Gasteiger partial charge in [0.1, 0.15) is 0 Å². The molecule has 2 heterocycles. The quantitative estimate of drug-likeness (QED) is 0.627. The Labute approximate surface area is 194 Å². The van der Waals surface area contributed by atoms with Crippen LogP contribution < -0.4 is 14.8 Å². The number of methoxy groups -OCH3 is 2. The number of benzene rings is 1. The van der Waals surface area contributed by atoms with Crippen molar-refractivity contribution in [2.75, 3.05) is 33.9 Å². The van der Waals surface area contributed by atoms with Crippen LogP contribution >= 0.6 is 0 Å². The third-order valence-corrected chi connectivity index (χ3v) is 6.81. The molecule has 1 aromatic carbocycles. The zero-order valence-corrected chi connectivity index (χ0v) is 19.3. The van der Waals surface area contributed by atoms with Gasteiger partial charge in [0.2, 0.25) is 11.8 Å². The molecule has 0 radical (unpaired) electrons. The molecule has 1 aliphatic carbocycles. The van der Waals surface area contributed by atoms with Crippen LogP contribution in [-0.4, -0.2) is 55.6 Å². The van der Waals surface area contributed by atoms with Crippen LogP contribution in [0.1, 0.15) is 30.5 Å². The van der Waals surface area contributed by atoms with E-state index in [-0.39, 0.29) is 23.1 Å². The first-order valence-electron chi connectivity index (χ1n) is 11.4. The van der Waals surface area contributed by atoms with Crippen LogP contribution in [0.5, 0.6) is 11.5 Å². The summed E-state index contributed by atoms with van der Waals surface area (Å²) in [4.78, 5) is 31.4. The third kappa shape index (κ3) is 5.35. The fourth-order valence-electron chi connectivity index (χ4n) is 4.66. The summed E-state index contributed by atoms with van der Waals surface area (Å²) in [5, 5.41) is 3.06. The minimum absolute atomic E-state index is 0.00310. The van der Waals surface area contributed by atoms with E-state index in [4.69, 9.17) is 9.47 Å². The van der Waals surface area contributed by atoms with Crippen molar-refractivity contribution in [3.8, 4) is 11.5 Å². The minimum atomic E-state index is -0.00310. The molecule has 1 unspecified atom stereocenters. The maximum atomic E-state index is 12.7. The third-order valence-electron chi connectivity index (χ3n) is 6.81. The number of carbonyl (C=O) groups is 2. The van der Waals surface area contributed by atoms with E-state index in [9.17, 15) is 9.59 Å². The van der Waals surface area contributed by atoms with Crippen molar-refractivity contribution in [1.82, 2.24) is 15.2 Å². The first kappa shape index (κ1) is 22.8. The van der Waals surface area contributed by atoms with Gasteiger partial charge in [0.05, 0.1) is 14.2 Å². The Bertz CT molecular complexity index is 1010. The average molecular weight is 450 g/mol. The summed E-state index contributed by atoms with van der Waals surface area (Å²) in [5.41, 5.74) is 1.93. The van der Waals surface area contributed by atoms with Crippen LogP contribution in [0.15, 0.2) is 48.7 Å². The second-order valence-corrected chi connectivity index (χ2v) is 8.75. The highest BCUT2D eigenvalue weighted by Gasteiger charge is 2.58. The SMILES string of the molecule is COc1ccc(C=CC(=O)N2CCC3(CC2)CC3C(=O)NCCc2ccccn2)cc1OC. The number of ether oxygens (including phenoxy) is 2. The molecule has 1 N–H and O–H groups in total. The highest BCUT2D eigenvalue weighted by Crippen LogP contribution is 2.59. The fourth-order valence-corrected chi connectivity index (χ4v) is 4.66. The lowest BCUT2D eigenvalue weighted by molar-refractivity contribution is -0.127. The van der Waals surface area contributed by atoms with E-state index in [1.54, 1.807) is 32.6 Å². The molecular formula is C26H31N3O4. The molecule has 2 aromatic rings. The Morgan fingerprint density at radius 1 is 1.15 bits per heavy atom. The monoisotopic (exact) mass is 449 g/mol. The van der Waals surface area contributed by atoms with Crippen LogP contribution in [0.4, 0.5) is 0 Å². The molecular weight excluding hydrogens is 418 g/mol. The maximum Gasteiger partial charge on any atom is 0.246 e. The van der Waals surface area contributed by atoms with Crippen molar-refractivity contribution < 1.29 is 19.1 Å². The molecule has 2 aliphatic rings. The minimum Gasteiger partial charge on any atom is -0.493 e. The number of pyridine rings is 1. The molecule has 174 valence electrons. The molecule has 2 amide bonds. The number of rotatable bonds is 8. The summed E-state index contributed by atoms with van der Waals surface area (Å²) in [6.45, 7) is 1.98. The van der Waals surface area contributed by atoms with Gasteiger partial charge in [-0.2, -0.15) is 0 Å². The molecule has 2 fully saturated rings. The summed E-state index contributed by atoms with van der Waals surface area (Å²) >= 11 is 0. The lowest BCUT2D eigenvalue weighted by Gasteiger charge is -2.32. The number of aromatic nitrogens is 1. The number of amides is 2. The Morgan fingerprint density at radius 3 is 2.64 bits per heavy atom. The Morgan fingerprint density at radius 2 is 1.94 bits per heavy atom. The standard InChI is InChI=1S/C26H31N3O4/c1-32-22-8-6-19(17-23(22)33-2)7-9-24(30)29-15-11-26(12-16-29)18-21(26)25(31)28-14-10-20-5-3-4-13-27-20/h3-9,13,17,21H,10-12,14-16,18H2,1-2H3,(H,28,31). The molecule has 1 saturated carbocycles. The maximum absolute atomic E-state index is 12.7. The number of likely N-dealkylation sites (tertiary alicyclic amines) is 1. The van der Waals surface area contributed by atoms with Gasteiger partial charge in [0, 0.05) is 49.9 Å². The van der Waals surface area contributed by atoms with Gasteiger partial charge in [-0.25, -0.2) is 0 Å². The summed E-state index contributed by atoms with van der Waals surface area (Å²) in [6.07, 6.45) is 8.58. The molecule has 1 atom stereocenters. The molecule has 7 heteroatoms. The van der Waals surface area contributed by atoms with E-state index in [1.807, 2.05) is 41.3 Å². The van der Waals surface area contributed by atoms with E-state index in [2.05, 4.69) is 10.3 Å².